The van der Waals surface area contributed by atoms with Crippen LogP contribution in [0, 0.1) is 6.92 Å². The van der Waals surface area contributed by atoms with Crippen LogP contribution in [0.2, 0.25) is 0 Å². The van der Waals surface area contributed by atoms with Crippen LogP contribution in [-0.2, 0) is 6.54 Å². The van der Waals surface area contributed by atoms with Crippen LogP contribution < -0.4 is 10.2 Å². The average Bonchev–Trinajstić information content (AvgIpc) is 2.78. The first-order chi connectivity index (χ1) is 14.6. The van der Waals surface area contributed by atoms with Crippen molar-refractivity contribution in [1.82, 2.24) is 4.90 Å². The molecule has 4 nitrogen and oxygen atoms in total. The van der Waals surface area contributed by atoms with Crippen molar-refractivity contribution in [2.75, 3.05) is 36.4 Å². The fourth-order valence-corrected chi connectivity index (χ4v) is 4.00. The van der Waals surface area contributed by atoms with Gasteiger partial charge in [0.25, 0.3) is 5.91 Å². The lowest BCUT2D eigenvalue weighted by molar-refractivity contribution is 0.102. The van der Waals surface area contributed by atoms with Crippen LogP contribution in [0.1, 0.15) is 21.5 Å². The molecule has 0 atom stereocenters. The number of carbonyl (C=O) groups is 1. The molecular formula is C25H26BrN3O. The van der Waals surface area contributed by atoms with Crippen molar-refractivity contribution in [3.63, 3.8) is 0 Å². The molecule has 1 aliphatic rings. The summed E-state index contributed by atoms with van der Waals surface area (Å²) in [5.74, 6) is -0.0836. The normalized spacial score (nSPS) is 14.5. The van der Waals surface area contributed by atoms with E-state index in [9.17, 15) is 4.79 Å². The molecule has 3 aromatic carbocycles. The monoisotopic (exact) mass is 463 g/mol. The number of hydrogen-bond donors (Lipinski definition) is 1. The highest BCUT2D eigenvalue weighted by atomic mass is 79.9. The van der Waals surface area contributed by atoms with Gasteiger partial charge in [0, 0.05) is 54.1 Å². The van der Waals surface area contributed by atoms with Crippen molar-refractivity contribution < 1.29 is 4.79 Å². The third kappa shape index (κ3) is 5.10. The molecule has 3 aromatic rings. The Morgan fingerprint density at radius 3 is 2.30 bits per heavy atom. The van der Waals surface area contributed by atoms with E-state index in [0.717, 1.165) is 48.4 Å². The summed E-state index contributed by atoms with van der Waals surface area (Å²) in [7, 11) is 0. The van der Waals surface area contributed by atoms with Gasteiger partial charge in [-0.15, -0.1) is 0 Å². The molecule has 1 aliphatic heterocycles. The Labute approximate surface area is 186 Å². The number of piperazine rings is 1. The number of anilines is 2. The van der Waals surface area contributed by atoms with E-state index in [1.807, 2.05) is 37.3 Å². The van der Waals surface area contributed by atoms with E-state index in [1.54, 1.807) is 0 Å². The average molecular weight is 464 g/mol. The predicted molar refractivity (Wildman–Crippen MR) is 127 cm³/mol. The van der Waals surface area contributed by atoms with Crippen molar-refractivity contribution in [3.8, 4) is 0 Å². The number of carbonyl (C=O) groups excluding carboxylic acids is 1. The topological polar surface area (TPSA) is 35.6 Å². The highest BCUT2D eigenvalue weighted by molar-refractivity contribution is 9.10. The molecule has 0 saturated carbocycles. The SMILES string of the molecule is Cc1cc(NC(=O)c2ccc(CN3CCN(c4ccccc4)CC3)cc2)ccc1Br. The van der Waals surface area contributed by atoms with Gasteiger partial charge >= 0.3 is 0 Å². The standard InChI is InChI=1S/C25H26BrN3O/c1-19-17-22(11-12-24(19)26)27-25(30)21-9-7-20(8-10-21)18-28-13-15-29(16-14-28)23-5-3-2-4-6-23/h2-12,17H,13-16,18H2,1H3,(H,27,30). The lowest BCUT2D eigenvalue weighted by Crippen LogP contribution is -2.45. The number of amides is 1. The van der Waals surface area contributed by atoms with Gasteiger partial charge in [-0.25, -0.2) is 0 Å². The molecule has 5 heteroatoms. The number of para-hydroxylation sites is 1. The lowest BCUT2D eigenvalue weighted by atomic mass is 10.1. The van der Waals surface area contributed by atoms with Gasteiger partial charge in [0.05, 0.1) is 0 Å². The highest BCUT2D eigenvalue weighted by Crippen LogP contribution is 2.21. The van der Waals surface area contributed by atoms with E-state index in [0.29, 0.717) is 5.56 Å². The van der Waals surface area contributed by atoms with E-state index in [1.165, 1.54) is 11.3 Å². The van der Waals surface area contributed by atoms with E-state index in [4.69, 9.17) is 0 Å². The first-order valence-electron chi connectivity index (χ1n) is 10.3. The quantitative estimate of drug-likeness (QED) is 0.555. The van der Waals surface area contributed by atoms with Crippen LogP contribution in [0.3, 0.4) is 0 Å². The second-order valence-electron chi connectivity index (χ2n) is 7.71. The first-order valence-corrected chi connectivity index (χ1v) is 11.1. The summed E-state index contributed by atoms with van der Waals surface area (Å²) < 4.78 is 1.04. The molecule has 1 fully saturated rings. The fraction of sp³-hybridized carbons (Fsp3) is 0.240. The Kier molecular flexibility index (Phi) is 6.50. The Bertz CT molecular complexity index is 997. The summed E-state index contributed by atoms with van der Waals surface area (Å²) in [6, 6.07) is 24.4. The van der Waals surface area contributed by atoms with E-state index >= 15 is 0 Å². The fourth-order valence-electron chi connectivity index (χ4n) is 3.75. The van der Waals surface area contributed by atoms with Gasteiger partial charge in [-0.1, -0.05) is 46.3 Å². The van der Waals surface area contributed by atoms with Crippen LogP contribution >= 0.6 is 15.9 Å². The minimum absolute atomic E-state index is 0.0836. The molecule has 1 amide bonds. The van der Waals surface area contributed by atoms with Crippen molar-refractivity contribution in [2.24, 2.45) is 0 Å². The molecule has 0 radical (unpaired) electrons. The van der Waals surface area contributed by atoms with Gasteiger partial charge in [-0.2, -0.15) is 0 Å². The highest BCUT2D eigenvalue weighted by Gasteiger charge is 2.17. The molecule has 0 aliphatic carbocycles. The first kappa shape index (κ1) is 20.6. The Hall–Kier alpha value is -2.63. The Balaban J connectivity index is 1.30. The van der Waals surface area contributed by atoms with Crippen LogP contribution in [0.15, 0.2) is 77.3 Å². The zero-order valence-electron chi connectivity index (χ0n) is 17.1. The lowest BCUT2D eigenvalue weighted by Gasteiger charge is -2.36. The molecule has 0 bridgehead atoms. The third-order valence-corrected chi connectivity index (χ3v) is 6.42. The molecule has 154 valence electrons. The summed E-state index contributed by atoms with van der Waals surface area (Å²) in [5.41, 5.74) is 5.11. The Morgan fingerprint density at radius 1 is 0.933 bits per heavy atom. The molecule has 0 spiro atoms. The maximum absolute atomic E-state index is 12.5. The van der Waals surface area contributed by atoms with Gasteiger partial charge in [-0.3, -0.25) is 9.69 Å². The third-order valence-electron chi connectivity index (χ3n) is 5.53. The predicted octanol–water partition coefficient (Wildman–Crippen LogP) is 5.33. The summed E-state index contributed by atoms with van der Waals surface area (Å²) >= 11 is 3.48. The van der Waals surface area contributed by atoms with Gasteiger partial charge in [0.15, 0.2) is 0 Å². The number of nitrogens with zero attached hydrogens (tertiary/aromatic N) is 2. The number of halogens is 1. The maximum atomic E-state index is 12.5. The van der Waals surface area contributed by atoms with Crippen LogP contribution in [0.4, 0.5) is 11.4 Å². The Morgan fingerprint density at radius 2 is 1.63 bits per heavy atom. The van der Waals surface area contributed by atoms with E-state index in [-0.39, 0.29) is 5.91 Å². The summed E-state index contributed by atoms with van der Waals surface area (Å²) in [5, 5.41) is 2.97. The zero-order chi connectivity index (χ0) is 20.9. The maximum Gasteiger partial charge on any atom is 0.255 e. The molecule has 1 N–H and O–H groups in total. The largest absolute Gasteiger partial charge is 0.369 e. The van der Waals surface area contributed by atoms with Crippen LogP contribution in [-0.4, -0.2) is 37.0 Å². The summed E-state index contributed by atoms with van der Waals surface area (Å²) in [6.45, 7) is 7.08. The van der Waals surface area contributed by atoms with Crippen LogP contribution in [0.25, 0.3) is 0 Å². The number of nitrogens with one attached hydrogen (secondary N) is 1. The van der Waals surface area contributed by atoms with E-state index in [2.05, 4.69) is 73.5 Å². The summed E-state index contributed by atoms with van der Waals surface area (Å²) in [4.78, 5) is 17.5. The van der Waals surface area contributed by atoms with Crippen molar-refractivity contribution >= 4 is 33.2 Å². The van der Waals surface area contributed by atoms with E-state index < -0.39 is 0 Å². The second-order valence-corrected chi connectivity index (χ2v) is 8.57. The molecular weight excluding hydrogens is 438 g/mol. The molecule has 4 rings (SSSR count). The molecule has 1 saturated heterocycles. The number of hydrogen-bond acceptors (Lipinski definition) is 3. The number of rotatable bonds is 5. The minimum Gasteiger partial charge on any atom is -0.369 e. The number of benzene rings is 3. The van der Waals surface area contributed by atoms with Crippen molar-refractivity contribution in [3.05, 3.63) is 94.0 Å². The van der Waals surface area contributed by atoms with Gasteiger partial charge in [-0.05, 0) is 60.5 Å². The number of aryl methyl sites for hydroxylation is 1. The van der Waals surface area contributed by atoms with Gasteiger partial charge < -0.3 is 10.2 Å². The van der Waals surface area contributed by atoms with Crippen molar-refractivity contribution in [2.45, 2.75) is 13.5 Å². The molecule has 0 unspecified atom stereocenters. The molecule has 0 aromatic heterocycles. The zero-order valence-corrected chi connectivity index (χ0v) is 18.7. The van der Waals surface area contributed by atoms with Gasteiger partial charge in [0.2, 0.25) is 0 Å². The smallest absolute Gasteiger partial charge is 0.255 e. The minimum atomic E-state index is -0.0836. The molecule has 30 heavy (non-hydrogen) atoms. The summed E-state index contributed by atoms with van der Waals surface area (Å²) in [6.07, 6.45) is 0. The molecule has 1 heterocycles. The van der Waals surface area contributed by atoms with Crippen LogP contribution in [0.5, 0.6) is 0 Å². The second kappa shape index (κ2) is 9.45. The van der Waals surface area contributed by atoms with Crippen molar-refractivity contribution in [1.29, 1.82) is 0 Å². The van der Waals surface area contributed by atoms with Gasteiger partial charge in [0.1, 0.15) is 0 Å².